The Morgan fingerprint density at radius 2 is 1.71 bits per heavy atom. The monoisotopic (exact) mass is 423 g/mol. The van der Waals surface area contributed by atoms with Gasteiger partial charge < -0.3 is 9.67 Å². The van der Waals surface area contributed by atoms with E-state index < -0.39 is 17.2 Å². The van der Waals surface area contributed by atoms with Gasteiger partial charge in [-0.25, -0.2) is 13.8 Å². The second kappa shape index (κ2) is 8.17. The zero-order valence-electron chi connectivity index (χ0n) is 17.4. The third-order valence-corrected chi connectivity index (χ3v) is 7.00. The van der Waals surface area contributed by atoms with Gasteiger partial charge in [-0.15, -0.1) is 0 Å². The van der Waals surface area contributed by atoms with Crippen LogP contribution in [-0.2, 0) is 18.7 Å². The normalized spacial score (nSPS) is 26.2. The van der Waals surface area contributed by atoms with Crippen molar-refractivity contribution in [3.05, 3.63) is 89.5 Å². The summed E-state index contributed by atoms with van der Waals surface area (Å²) in [6.07, 6.45) is 6.56. The molecule has 2 aromatic carbocycles. The van der Waals surface area contributed by atoms with Crippen molar-refractivity contribution >= 4 is 0 Å². The van der Waals surface area contributed by atoms with E-state index in [0.29, 0.717) is 31.7 Å². The van der Waals surface area contributed by atoms with Gasteiger partial charge in [-0.1, -0.05) is 48.9 Å². The standard InChI is InChI=1S/C25H27F2N3O/c26-22-11-4-8-19(23(22)27)15-29-16-20-9-5-10-21(17-29)25(20,31)24-28-12-13-30(24)14-18-6-2-1-3-7-18/h1-4,6-8,11-13,20-21,31H,5,9-10,14-17H2/t20-,21-/m1/s1. The Labute approximate surface area is 181 Å². The molecule has 2 atom stereocenters. The van der Waals surface area contributed by atoms with E-state index in [2.05, 4.69) is 26.6 Å². The lowest BCUT2D eigenvalue weighted by molar-refractivity contribution is -0.155. The van der Waals surface area contributed by atoms with Crippen LogP contribution in [0.15, 0.2) is 60.9 Å². The van der Waals surface area contributed by atoms with Gasteiger partial charge in [-0.05, 0) is 24.5 Å². The van der Waals surface area contributed by atoms with Crippen molar-refractivity contribution in [3.63, 3.8) is 0 Å². The largest absolute Gasteiger partial charge is 0.381 e. The van der Waals surface area contributed by atoms with E-state index in [1.54, 1.807) is 18.3 Å². The minimum absolute atomic E-state index is 0.00791. The first-order chi connectivity index (χ1) is 15.1. The maximum Gasteiger partial charge on any atom is 0.163 e. The van der Waals surface area contributed by atoms with Crippen LogP contribution in [-0.4, -0.2) is 32.6 Å². The Morgan fingerprint density at radius 1 is 0.968 bits per heavy atom. The van der Waals surface area contributed by atoms with Gasteiger partial charge in [0.25, 0.3) is 0 Å². The Bertz CT molecular complexity index is 1040. The van der Waals surface area contributed by atoms with Crippen molar-refractivity contribution in [2.75, 3.05) is 13.1 Å². The number of fused-ring (bicyclic) bond motifs is 2. The first-order valence-electron chi connectivity index (χ1n) is 11.0. The minimum atomic E-state index is -1.01. The molecule has 0 radical (unpaired) electrons. The number of halogens is 2. The Hall–Kier alpha value is -2.57. The number of likely N-dealkylation sites (tertiary alicyclic amines) is 1. The highest BCUT2D eigenvalue weighted by molar-refractivity contribution is 5.21. The van der Waals surface area contributed by atoms with E-state index in [0.717, 1.165) is 36.7 Å². The second-order valence-corrected chi connectivity index (χ2v) is 8.92. The zero-order valence-corrected chi connectivity index (χ0v) is 17.4. The van der Waals surface area contributed by atoms with Crippen LogP contribution in [0.3, 0.4) is 0 Å². The van der Waals surface area contributed by atoms with Crippen LogP contribution >= 0.6 is 0 Å². The molecule has 1 saturated carbocycles. The summed E-state index contributed by atoms with van der Waals surface area (Å²) in [4.78, 5) is 6.77. The fourth-order valence-corrected chi connectivity index (χ4v) is 5.52. The number of imidazole rings is 1. The smallest absolute Gasteiger partial charge is 0.163 e. The van der Waals surface area contributed by atoms with Crippen LogP contribution in [0.5, 0.6) is 0 Å². The number of hydrogen-bond donors (Lipinski definition) is 1. The molecule has 0 spiro atoms. The maximum absolute atomic E-state index is 14.2. The molecule has 0 amide bonds. The molecular formula is C25H27F2N3O. The molecule has 0 unspecified atom stereocenters. The number of aliphatic hydroxyl groups is 1. The van der Waals surface area contributed by atoms with E-state index in [1.807, 2.05) is 24.4 Å². The predicted octanol–water partition coefficient (Wildman–Crippen LogP) is 4.33. The topological polar surface area (TPSA) is 41.3 Å². The Morgan fingerprint density at radius 3 is 2.45 bits per heavy atom. The van der Waals surface area contributed by atoms with Crippen LogP contribution in [0.2, 0.25) is 0 Å². The quantitative estimate of drug-likeness (QED) is 0.664. The van der Waals surface area contributed by atoms with Crippen LogP contribution in [0.4, 0.5) is 8.78 Å². The molecule has 2 fully saturated rings. The fraction of sp³-hybridized carbons (Fsp3) is 0.400. The minimum Gasteiger partial charge on any atom is -0.381 e. The van der Waals surface area contributed by atoms with Crippen LogP contribution < -0.4 is 0 Å². The SMILES string of the molecule is OC1(c2nccn2Cc2ccccc2)[C@@H]2CCC[C@@H]1CN(Cc1cccc(F)c1F)C2. The van der Waals surface area contributed by atoms with Crippen molar-refractivity contribution in [3.8, 4) is 0 Å². The number of nitrogens with zero attached hydrogens (tertiary/aromatic N) is 3. The molecule has 2 aliphatic rings. The summed E-state index contributed by atoms with van der Waals surface area (Å²) >= 11 is 0. The summed E-state index contributed by atoms with van der Waals surface area (Å²) in [6, 6.07) is 14.5. The van der Waals surface area contributed by atoms with Gasteiger partial charge in [-0.2, -0.15) is 0 Å². The van der Waals surface area contributed by atoms with Gasteiger partial charge >= 0.3 is 0 Å². The van der Waals surface area contributed by atoms with Crippen molar-refractivity contribution < 1.29 is 13.9 Å². The van der Waals surface area contributed by atoms with Crippen LogP contribution in [0.1, 0.15) is 36.2 Å². The van der Waals surface area contributed by atoms with Crippen molar-refractivity contribution in [1.29, 1.82) is 0 Å². The number of hydrogen-bond acceptors (Lipinski definition) is 3. The molecule has 1 aliphatic heterocycles. The first kappa shape index (κ1) is 20.3. The van der Waals surface area contributed by atoms with Gasteiger partial charge in [0.15, 0.2) is 11.6 Å². The molecule has 2 bridgehead atoms. The lowest BCUT2D eigenvalue weighted by Crippen LogP contribution is -2.58. The number of piperidine rings is 1. The summed E-state index contributed by atoms with van der Waals surface area (Å²) in [5.41, 5.74) is 0.525. The maximum atomic E-state index is 14.2. The first-order valence-corrected chi connectivity index (χ1v) is 11.0. The highest BCUT2D eigenvalue weighted by Crippen LogP contribution is 2.49. The number of rotatable bonds is 5. The molecule has 1 N–H and O–H groups in total. The molecular weight excluding hydrogens is 396 g/mol. The molecule has 4 nitrogen and oxygen atoms in total. The lowest BCUT2D eigenvalue weighted by atomic mass is 9.65. The van der Waals surface area contributed by atoms with Gasteiger partial charge in [0.05, 0.1) is 0 Å². The van der Waals surface area contributed by atoms with Crippen molar-refractivity contribution in [2.45, 2.75) is 38.0 Å². The van der Waals surface area contributed by atoms with E-state index in [-0.39, 0.29) is 11.8 Å². The van der Waals surface area contributed by atoms with E-state index in [4.69, 9.17) is 0 Å². The molecule has 1 saturated heterocycles. The molecule has 6 heteroatoms. The number of aromatic nitrogens is 2. The summed E-state index contributed by atoms with van der Waals surface area (Å²) in [7, 11) is 0. The van der Waals surface area contributed by atoms with E-state index in [9.17, 15) is 13.9 Å². The molecule has 2 heterocycles. The fourth-order valence-electron chi connectivity index (χ4n) is 5.52. The van der Waals surface area contributed by atoms with E-state index >= 15 is 0 Å². The number of benzene rings is 2. The third kappa shape index (κ3) is 3.68. The van der Waals surface area contributed by atoms with Crippen LogP contribution in [0, 0.1) is 23.5 Å². The zero-order chi connectivity index (χ0) is 21.4. The van der Waals surface area contributed by atoms with Gasteiger partial charge in [-0.3, -0.25) is 4.90 Å². The average molecular weight is 424 g/mol. The lowest BCUT2D eigenvalue weighted by Gasteiger charge is -2.52. The molecule has 3 aromatic rings. The Kier molecular flexibility index (Phi) is 5.36. The van der Waals surface area contributed by atoms with Crippen molar-refractivity contribution in [2.24, 2.45) is 11.8 Å². The third-order valence-electron chi connectivity index (χ3n) is 7.00. The second-order valence-electron chi connectivity index (χ2n) is 8.92. The van der Waals surface area contributed by atoms with Gasteiger partial charge in [0.1, 0.15) is 11.4 Å². The highest BCUT2D eigenvalue weighted by atomic mass is 19.2. The molecule has 1 aromatic heterocycles. The summed E-state index contributed by atoms with van der Waals surface area (Å²) in [6.45, 7) is 2.30. The van der Waals surface area contributed by atoms with Crippen molar-refractivity contribution in [1.82, 2.24) is 14.5 Å². The molecule has 1 aliphatic carbocycles. The summed E-state index contributed by atoms with van der Waals surface area (Å²) in [5.74, 6) is -0.842. The average Bonchev–Trinajstić information content (AvgIpc) is 3.22. The predicted molar refractivity (Wildman–Crippen MR) is 114 cm³/mol. The highest BCUT2D eigenvalue weighted by Gasteiger charge is 2.53. The summed E-state index contributed by atoms with van der Waals surface area (Å²) in [5, 5.41) is 12.0. The Balaban J connectivity index is 1.40. The van der Waals surface area contributed by atoms with Crippen LogP contribution in [0.25, 0.3) is 0 Å². The van der Waals surface area contributed by atoms with Gasteiger partial charge in [0, 0.05) is 56.0 Å². The van der Waals surface area contributed by atoms with E-state index in [1.165, 1.54) is 0 Å². The molecule has 31 heavy (non-hydrogen) atoms. The molecule has 5 rings (SSSR count). The summed E-state index contributed by atoms with van der Waals surface area (Å²) < 4.78 is 29.9. The molecule has 162 valence electrons. The van der Waals surface area contributed by atoms with Gasteiger partial charge in [0.2, 0.25) is 0 Å².